The molecule has 142 valence electrons. The lowest BCUT2D eigenvalue weighted by Gasteiger charge is -2.54. The van der Waals surface area contributed by atoms with Gasteiger partial charge in [-0.1, -0.05) is 26.3 Å². The molecule has 3 rings (SSSR count). The van der Waals surface area contributed by atoms with Crippen molar-refractivity contribution in [3.63, 3.8) is 0 Å². The van der Waals surface area contributed by atoms with E-state index in [0.717, 1.165) is 44.1 Å². The zero-order chi connectivity index (χ0) is 19.1. The Morgan fingerprint density at radius 2 is 1.88 bits per heavy atom. The minimum atomic E-state index is -0.438. The molecule has 0 heterocycles. The zero-order valence-electron chi connectivity index (χ0n) is 16.6. The summed E-state index contributed by atoms with van der Waals surface area (Å²) in [6.07, 6.45) is 5.62. The van der Waals surface area contributed by atoms with Gasteiger partial charge < -0.3 is 9.47 Å². The van der Waals surface area contributed by atoms with Gasteiger partial charge in [0, 0.05) is 0 Å². The Balaban J connectivity index is 2.14. The van der Waals surface area contributed by atoms with Gasteiger partial charge in [0.25, 0.3) is 0 Å². The highest BCUT2D eigenvalue weighted by atomic mass is 16.5. The average Bonchev–Trinajstić information content (AvgIpc) is 2.65. The number of hydrogen-bond acceptors (Lipinski definition) is 4. The fraction of sp³-hybridized carbons (Fsp3) is 0.636. The van der Waals surface area contributed by atoms with E-state index in [0.29, 0.717) is 5.56 Å². The first-order valence-electron chi connectivity index (χ1n) is 9.65. The Kier molecular flexibility index (Phi) is 4.89. The smallest absolute Gasteiger partial charge is 0.338 e. The van der Waals surface area contributed by atoms with Gasteiger partial charge in [-0.05, 0) is 73.1 Å². The molecule has 0 aliphatic heterocycles. The molecular formula is C22H30O4. The number of ether oxygens (including phenoxy) is 2. The molecule has 0 amide bonds. The van der Waals surface area contributed by atoms with E-state index >= 15 is 0 Å². The average molecular weight is 358 g/mol. The van der Waals surface area contributed by atoms with Crippen molar-refractivity contribution in [3.8, 4) is 0 Å². The molecule has 0 saturated heterocycles. The summed E-state index contributed by atoms with van der Waals surface area (Å²) in [5.41, 5.74) is 3.90. The van der Waals surface area contributed by atoms with Crippen LogP contribution < -0.4 is 0 Å². The first-order valence-corrected chi connectivity index (χ1v) is 9.65. The van der Waals surface area contributed by atoms with Gasteiger partial charge in [0.2, 0.25) is 0 Å². The summed E-state index contributed by atoms with van der Waals surface area (Å²) in [6, 6.07) is 4.02. The van der Waals surface area contributed by atoms with Crippen LogP contribution in [0.3, 0.4) is 0 Å². The summed E-state index contributed by atoms with van der Waals surface area (Å²) in [5.74, 6) is -0.0869. The van der Waals surface area contributed by atoms with E-state index in [1.165, 1.54) is 25.3 Å². The maximum absolute atomic E-state index is 12.6. The zero-order valence-corrected chi connectivity index (χ0v) is 16.6. The van der Waals surface area contributed by atoms with Crippen molar-refractivity contribution in [2.75, 3.05) is 14.2 Å². The highest BCUT2D eigenvalue weighted by Crippen LogP contribution is 2.58. The summed E-state index contributed by atoms with van der Waals surface area (Å²) < 4.78 is 10.2. The van der Waals surface area contributed by atoms with E-state index in [-0.39, 0.29) is 23.3 Å². The van der Waals surface area contributed by atoms with Crippen molar-refractivity contribution < 1.29 is 19.1 Å². The molecule has 2 aliphatic carbocycles. The lowest BCUT2D eigenvalue weighted by atomic mass is 9.49. The van der Waals surface area contributed by atoms with E-state index in [4.69, 9.17) is 9.47 Å². The Morgan fingerprint density at radius 1 is 1.15 bits per heavy atom. The summed E-state index contributed by atoms with van der Waals surface area (Å²) in [7, 11) is 2.93. The standard InChI is InChI=1S/C22H30O4/c1-6-14-15-9-11-18-21(2,12-7-13-22(18,3)20(24)26-5)17(15)10-8-16(14)19(23)25-4/h8,10,18H,6-7,9,11-13H2,1-5H3/t18-,21+,22+/m0/s1. The highest BCUT2D eigenvalue weighted by molar-refractivity contribution is 5.91. The van der Waals surface area contributed by atoms with Crippen LogP contribution in [-0.4, -0.2) is 26.2 Å². The molecule has 1 fully saturated rings. The largest absolute Gasteiger partial charge is 0.469 e. The van der Waals surface area contributed by atoms with Gasteiger partial charge in [0.1, 0.15) is 0 Å². The van der Waals surface area contributed by atoms with Crippen LogP contribution in [0.2, 0.25) is 0 Å². The van der Waals surface area contributed by atoms with Crippen LogP contribution in [0.4, 0.5) is 0 Å². The van der Waals surface area contributed by atoms with Gasteiger partial charge in [-0.2, -0.15) is 0 Å². The van der Waals surface area contributed by atoms with E-state index in [1.807, 2.05) is 6.07 Å². The van der Waals surface area contributed by atoms with Gasteiger partial charge >= 0.3 is 11.9 Å². The van der Waals surface area contributed by atoms with E-state index in [1.54, 1.807) is 0 Å². The summed E-state index contributed by atoms with van der Waals surface area (Å²) >= 11 is 0. The molecule has 0 N–H and O–H groups in total. The third-order valence-corrected chi connectivity index (χ3v) is 7.07. The molecular weight excluding hydrogens is 328 g/mol. The van der Waals surface area contributed by atoms with Crippen molar-refractivity contribution in [2.45, 2.75) is 64.7 Å². The minimum absolute atomic E-state index is 0.0622. The van der Waals surface area contributed by atoms with Gasteiger partial charge in [-0.3, -0.25) is 4.79 Å². The molecule has 0 radical (unpaired) electrons. The number of hydrogen-bond donors (Lipinski definition) is 0. The number of benzene rings is 1. The predicted molar refractivity (Wildman–Crippen MR) is 100 cm³/mol. The molecule has 4 nitrogen and oxygen atoms in total. The minimum Gasteiger partial charge on any atom is -0.469 e. The number of rotatable bonds is 3. The molecule has 0 unspecified atom stereocenters. The summed E-state index contributed by atoms with van der Waals surface area (Å²) in [5, 5.41) is 0. The van der Waals surface area contributed by atoms with Gasteiger partial charge in [0.05, 0.1) is 25.2 Å². The second kappa shape index (κ2) is 6.71. The number of esters is 2. The molecule has 0 bridgehead atoms. The van der Waals surface area contributed by atoms with E-state index in [2.05, 4.69) is 26.8 Å². The normalized spacial score (nSPS) is 30.1. The SMILES string of the molecule is CCc1c(C(=O)OC)ccc2c1CC[C@@H]1[C@](C)(C(=O)OC)CCC[C@]21C. The Bertz CT molecular complexity index is 738. The summed E-state index contributed by atoms with van der Waals surface area (Å²) in [4.78, 5) is 24.8. The number of carbonyl (C=O) groups excluding carboxylic acids is 2. The van der Waals surface area contributed by atoms with E-state index < -0.39 is 5.41 Å². The van der Waals surface area contributed by atoms with Crippen molar-refractivity contribution in [2.24, 2.45) is 11.3 Å². The maximum atomic E-state index is 12.6. The fourth-order valence-electron chi connectivity index (χ4n) is 5.82. The number of carbonyl (C=O) groups is 2. The molecule has 3 atom stereocenters. The Hall–Kier alpha value is -1.84. The molecule has 0 spiro atoms. The van der Waals surface area contributed by atoms with Crippen LogP contribution in [-0.2, 0) is 32.5 Å². The molecule has 0 aromatic heterocycles. The molecule has 1 saturated carbocycles. The van der Waals surface area contributed by atoms with Crippen molar-refractivity contribution in [1.82, 2.24) is 0 Å². The fourth-order valence-corrected chi connectivity index (χ4v) is 5.82. The van der Waals surface area contributed by atoms with Crippen LogP contribution in [0, 0.1) is 11.3 Å². The first kappa shape index (κ1) is 18.9. The topological polar surface area (TPSA) is 52.6 Å². The van der Waals surface area contributed by atoms with Gasteiger partial charge in [-0.25, -0.2) is 4.79 Å². The molecule has 2 aliphatic rings. The van der Waals surface area contributed by atoms with Crippen molar-refractivity contribution in [3.05, 3.63) is 34.4 Å². The highest BCUT2D eigenvalue weighted by Gasteiger charge is 2.55. The third-order valence-electron chi connectivity index (χ3n) is 7.07. The van der Waals surface area contributed by atoms with Gasteiger partial charge in [0.15, 0.2) is 0 Å². The summed E-state index contributed by atoms with van der Waals surface area (Å²) in [6.45, 7) is 6.47. The van der Waals surface area contributed by atoms with Crippen molar-refractivity contribution in [1.29, 1.82) is 0 Å². The lowest BCUT2D eigenvalue weighted by molar-refractivity contribution is -0.161. The van der Waals surface area contributed by atoms with Crippen LogP contribution in [0.25, 0.3) is 0 Å². The predicted octanol–water partition coefficient (Wildman–Crippen LogP) is 4.22. The van der Waals surface area contributed by atoms with Crippen molar-refractivity contribution >= 4 is 11.9 Å². The van der Waals surface area contributed by atoms with Crippen LogP contribution >= 0.6 is 0 Å². The number of fused-ring (bicyclic) bond motifs is 3. The van der Waals surface area contributed by atoms with Crippen LogP contribution in [0.1, 0.15) is 73.5 Å². The van der Waals surface area contributed by atoms with Crippen LogP contribution in [0.5, 0.6) is 0 Å². The Labute approximate surface area is 156 Å². The molecule has 1 aromatic rings. The second-order valence-electron chi connectivity index (χ2n) is 8.23. The Morgan fingerprint density at radius 3 is 2.50 bits per heavy atom. The lowest BCUT2D eigenvalue weighted by Crippen LogP contribution is -2.52. The monoisotopic (exact) mass is 358 g/mol. The maximum Gasteiger partial charge on any atom is 0.338 e. The quantitative estimate of drug-likeness (QED) is 0.759. The number of methoxy groups -OCH3 is 2. The third kappa shape index (κ3) is 2.57. The molecule has 4 heteroatoms. The first-order chi connectivity index (χ1) is 12.3. The second-order valence-corrected chi connectivity index (χ2v) is 8.23. The van der Waals surface area contributed by atoms with E-state index in [9.17, 15) is 9.59 Å². The van der Waals surface area contributed by atoms with Gasteiger partial charge in [-0.15, -0.1) is 0 Å². The molecule has 1 aromatic carbocycles. The van der Waals surface area contributed by atoms with Crippen LogP contribution in [0.15, 0.2) is 12.1 Å². The molecule has 26 heavy (non-hydrogen) atoms.